The van der Waals surface area contributed by atoms with Crippen molar-refractivity contribution >= 4 is 10.0 Å². The molecule has 1 aromatic rings. The van der Waals surface area contributed by atoms with E-state index in [9.17, 15) is 26.7 Å². The van der Waals surface area contributed by atoms with Crippen LogP contribution in [0.1, 0.15) is 37.7 Å². The maximum atomic E-state index is 13.0. The fourth-order valence-electron chi connectivity index (χ4n) is 2.96. The van der Waals surface area contributed by atoms with E-state index >= 15 is 0 Å². The third-order valence-corrected chi connectivity index (χ3v) is 5.73. The Balaban J connectivity index is 2.32. The number of aliphatic hydroxyl groups excluding tert-OH is 1. The second-order valence-electron chi connectivity index (χ2n) is 5.80. The molecular weight excluding hydrogens is 331 g/mol. The lowest BCUT2D eigenvalue weighted by Crippen LogP contribution is -2.41. The van der Waals surface area contributed by atoms with E-state index in [1.807, 2.05) is 0 Å². The maximum absolute atomic E-state index is 13.0. The van der Waals surface area contributed by atoms with Gasteiger partial charge in [-0.2, -0.15) is 13.2 Å². The summed E-state index contributed by atoms with van der Waals surface area (Å²) in [6.45, 7) is -0.186. The molecule has 1 aliphatic rings. The predicted molar refractivity (Wildman–Crippen MR) is 79.2 cm³/mol. The SMILES string of the molecule is O=S(=O)(NC1CCCCCC1CO)c1ccccc1C(F)(F)F. The Hall–Kier alpha value is -1.12. The highest BCUT2D eigenvalue weighted by Crippen LogP contribution is 2.34. The molecule has 1 fully saturated rings. The highest BCUT2D eigenvalue weighted by atomic mass is 32.2. The van der Waals surface area contributed by atoms with Crippen LogP contribution in [0.3, 0.4) is 0 Å². The first kappa shape index (κ1) is 18.2. The molecule has 2 unspecified atom stereocenters. The number of aliphatic hydroxyl groups is 1. The first-order valence-corrected chi connectivity index (χ1v) is 9.03. The highest BCUT2D eigenvalue weighted by Gasteiger charge is 2.38. The van der Waals surface area contributed by atoms with E-state index in [4.69, 9.17) is 0 Å². The van der Waals surface area contributed by atoms with Gasteiger partial charge in [0, 0.05) is 12.6 Å². The minimum Gasteiger partial charge on any atom is -0.396 e. The van der Waals surface area contributed by atoms with Crippen LogP contribution in [0, 0.1) is 5.92 Å². The van der Waals surface area contributed by atoms with Crippen molar-refractivity contribution < 1.29 is 26.7 Å². The Morgan fingerprint density at radius 3 is 2.43 bits per heavy atom. The van der Waals surface area contributed by atoms with E-state index in [-0.39, 0.29) is 12.5 Å². The van der Waals surface area contributed by atoms with Crippen LogP contribution in [0.25, 0.3) is 0 Å². The van der Waals surface area contributed by atoms with Gasteiger partial charge in [-0.25, -0.2) is 13.1 Å². The molecule has 23 heavy (non-hydrogen) atoms. The van der Waals surface area contributed by atoms with Crippen molar-refractivity contribution in [1.29, 1.82) is 0 Å². The molecule has 0 spiro atoms. The highest BCUT2D eigenvalue weighted by molar-refractivity contribution is 7.89. The van der Waals surface area contributed by atoms with Crippen molar-refractivity contribution in [2.75, 3.05) is 6.61 Å². The van der Waals surface area contributed by atoms with Gasteiger partial charge < -0.3 is 5.11 Å². The molecule has 0 radical (unpaired) electrons. The summed E-state index contributed by atoms with van der Waals surface area (Å²) in [6.07, 6.45) is -0.991. The summed E-state index contributed by atoms with van der Waals surface area (Å²) in [7, 11) is -4.31. The van der Waals surface area contributed by atoms with Crippen LogP contribution >= 0.6 is 0 Å². The molecule has 1 saturated carbocycles. The van der Waals surface area contributed by atoms with Gasteiger partial charge in [0.2, 0.25) is 10.0 Å². The Kier molecular flexibility index (Phi) is 5.70. The first-order chi connectivity index (χ1) is 10.8. The van der Waals surface area contributed by atoms with Gasteiger partial charge in [0.1, 0.15) is 0 Å². The van der Waals surface area contributed by atoms with Gasteiger partial charge in [0.15, 0.2) is 0 Å². The van der Waals surface area contributed by atoms with Gasteiger partial charge in [0.05, 0.1) is 10.5 Å². The lowest BCUT2D eigenvalue weighted by Gasteiger charge is -2.25. The zero-order valence-electron chi connectivity index (χ0n) is 12.5. The second-order valence-corrected chi connectivity index (χ2v) is 7.48. The largest absolute Gasteiger partial charge is 0.417 e. The molecule has 0 aromatic heterocycles. The molecule has 130 valence electrons. The summed E-state index contributed by atoms with van der Waals surface area (Å²) in [4.78, 5) is -0.770. The molecule has 2 rings (SSSR count). The number of hydrogen-bond donors (Lipinski definition) is 2. The van der Waals surface area contributed by atoms with Crippen molar-refractivity contribution in [2.45, 2.75) is 49.2 Å². The van der Waals surface area contributed by atoms with Gasteiger partial charge >= 0.3 is 6.18 Å². The van der Waals surface area contributed by atoms with Gasteiger partial charge in [0.25, 0.3) is 0 Å². The van der Waals surface area contributed by atoms with Crippen LogP contribution < -0.4 is 4.72 Å². The van der Waals surface area contributed by atoms with Crippen LogP contribution in [0.4, 0.5) is 13.2 Å². The van der Waals surface area contributed by atoms with E-state index in [1.54, 1.807) is 0 Å². The molecule has 0 heterocycles. The fourth-order valence-corrected chi connectivity index (χ4v) is 4.52. The molecule has 2 N–H and O–H groups in total. The number of benzene rings is 1. The van der Waals surface area contributed by atoms with E-state index < -0.39 is 32.7 Å². The van der Waals surface area contributed by atoms with Crippen LogP contribution in [-0.4, -0.2) is 26.2 Å². The molecule has 0 amide bonds. The Morgan fingerprint density at radius 2 is 1.78 bits per heavy atom. The normalized spacial score (nSPS) is 23.5. The van der Waals surface area contributed by atoms with E-state index in [0.29, 0.717) is 12.8 Å². The molecule has 2 atom stereocenters. The summed E-state index contributed by atoms with van der Waals surface area (Å²) >= 11 is 0. The Labute approximate surface area is 133 Å². The number of halogens is 3. The molecule has 1 aromatic carbocycles. The number of hydrogen-bond acceptors (Lipinski definition) is 3. The molecular formula is C15H20F3NO3S. The Morgan fingerprint density at radius 1 is 1.13 bits per heavy atom. The first-order valence-electron chi connectivity index (χ1n) is 7.55. The van der Waals surface area contributed by atoms with Gasteiger partial charge in [-0.3, -0.25) is 0 Å². The zero-order chi connectivity index (χ0) is 17.1. The van der Waals surface area contributed by atoms with Gasteiger partial charge in [-0.05, 0) is 30.9 Å². The number of nitrogens with one attached hydrogen (secondary N) is 1. The number of alkyl halides is 3. The average molecular weight is 351 g/mol. The quantitative estimate of drug-likeness (QED) is 0.820. The van der Waals surface area contributed by atoms with E-state index in [2.05, 4.69) is 4.72 Å². The van der Waals surface area contributed by atoms with E-state index in [0.717, 1.165) is 37.5 Å². The fraction of sp³-hybridized carbons (Fsp3) is 0.600. The minimum atomic E-state index is -4.74. The smallest absolute Gasteiger partial charge is 0.396 e. The monoisotopic (exact) mass is 351 g/mol. The van der Waals surface area contributed by atoms with Crippen molar-refractivity contribution in [3.63, 3.8) is 0 Å². The van der Waals surface area contributed by atoms with Crippen molar-refractivity contribution in [3.8, 4) is 0 Å². The molecule has 0 aliphatic heterocycles. The topological polar surface area (TPSA) is 66.4 Å². The summed E-state index contributed by atoms with van der Waals surface area (Å²) in [5, 5.41) is 9.42. The number of rotatable bonds is 4. The molecule has 4 nitrogen and oxygen atoms in total. The third kappa shape index (κ3) is 4.45. The number of sulfonamides is 1. The van der Waals surface area contributed by atoms with Crippen molar-refractivity contribution in [1.82, 2.24) is 4.72 Å². The second kappa shape index (κ2) is 7.19. The maximum Gasteiger partial charge on any atom is 0.417 e. The average Bonchev–Trinajstić information content (AvgIpc) is 2.71. The predicted octanol–water partition coefficient (Wildman–Crippen LogP) is 2.92. The van der Waals surface area contributed by atoms with Crippen LogP contribution in [0.5, 0.6) is 0 Å². The van der Waals surface area contributed by atoms with Crippen LogP contribution in [0.2, 0.25) is 0 Å². The lowest BCUT2D eigenvalue weighted by atomic mass is 9.97. The summed E-state index contributed by atoms with van der Waals surface area (Å²) in [5.74, 6) is -0.273. The summed E-state index contributed by atoms with van der Waals surface area (Å²) < 4.78 is 66.4. The van der Waals surface area contributed by atoms with Crippen molar-refractivity contribution in [2.24, 2.45) is 5.92 Å². The zero-order valence-corrected chi connectivity index (χ0v) is 13.3. The molecule has 1 aliphatic carbocycles. The van der Waals surface area contributed by atoms with Crippen LogP contribution in [0.15, 0.2) is 29.2 Å². The van der Waals surface area contributed by atoms with Gasteiger partial charge in [-0.15, -0.1) is 0 Å². The van der Waals surface area contributed by atoms with Gasteiger partial charge in [-0.1, -0.05) is 31.4 Å². The lowest BCUT2D eigenvalue weighted by molar-refractivity contribution is -0.139. The summed E-state index contributed by atoms with van der Waals surface area (Å²) in [6, 6.07) is 3.58. The Bertz CT molecular complexity index is 631. The van der Waals surface area contributed by atoms with Crippen molar-refractivity contribution in [3.05, 3.63) is 29.8 Å². The summed E-state index contributed by atoms with van der Waals surface area (Å²) in [5.41, 5.74) is -1.18. The molecule has 0 bridgehead atoms. The third-order valence-electron chi connectivity index (χ3n) is 4.18. The molecule has 8 heteroatoms. The van der Waals surface area contributed by atoms with E-state index in [1.165, 1.54) is 6.07 Å². The standard InChI is InChI=1S/C15H20F3NO3S/c16-15(17,18)12-7-4-5-9-14(12)23(21,22)19-13-8-3-1-2-6-11(13)10-20/h4-5,7,9,11,13,19-20H,1-3,6,8,10H2. The minimum absolute atomic E-state index is 0.186. The van der Waals surface area contributed by atoms with Crippen LogP contribution in [-0.2, 0) is 16.2 Å². The molecule has 0 saturated heterocycles.